The Labute approximate surface area is 234 Å². The van der Waals surface area contributed by atoms with Crippen molar-refractivity contribution >= 4 is 34.0 Å². The number of methoxy groups -OCH3 is 4. The molecule has 3 aromatic rings. The number of anilines is 1. The van der Waals surface area contributed by atoms with Gasteiger partial charge < -0.3 is 29.0 Å². The van der Waals surface area contributed by atoms with Crippen molar-refractivity contribution < 1.29 is 23.7 Å². The maximum Gasteiger partial charge on any atom is 0.262 e. The first-order valence-corrected chi connectivity index (χ1v) is 13.5. The van der Waals surface area contributed by atoms with Gasteiger partial charge in [-0.2, -0.15) is 0 Å². The third-order valence-corrected chi connectivity index (χ3v) is 8.15. The molecule has 8 nitrogen and oxygen atoms in total. The molecule has 6 rings (SSSR count). The van der Waals surface area contributed by atoms with Gasteiger partial charge in [0.25, 0.3) is 5.17 Å². The number of nitrogens with one attached hydrogen (secondary N) is 1. The second-order valence-electron chi connectivity index (χ2n) is 9.89. The molecule has 1 unspecified atom stereocenters. The second-order valence-corrected chi connectivity index (χ2v) is 10.3. The van der Waals surface area contributed by atoms with Crippen LogP contribution in [0.3, 0.4) is 0 Å². The molecule has 5 atom stereocenters. The second kappa shape index (κ2) is 11.7. The summed E-state index contributed by atoms with van der Waals surface area (Å²) < 4.78 is 28.8. The molecule has 0 saturated carbocycles. The summed E-state index contributed by atoms with van der Waals surface area (Å²) in [6.45, 7) is 6.07. The lowest BCUT2D eigenvalue weighted by Crippen LogP contribution is -2.55. The molecule has 3 aliphatic rings. The van der Waals surface area contributed by atoms with Gasteiger partial charge in [-0.15, -0.1) is 6.58 Å². The molecule has 2 bridgehead atoms. The zero-order chi connectivity index (χ0) is 27.5. The molecule has 0 aliphatic carbocycles. The largest absolute Gasteiger partial charge is 0.496 e. The lowest BCUT2D eigenvalue weighted by atomic mass is 9.73. The van der Waals surface area contributed by atoms with Crippen LogP contribution in [0.4, 0.5) is 5.69 Å². The van der Waals surface area contributed by atoms with E-state index in [0.29, 0.717) is 40.5 Å². The van der Waals surface area contributed by atoms with Crippen LogP contribution in [-0.2, 0) is 4.74 Å². The van der Waals surface area contributed by atoms with E-state index in [4.69, 9.17) is 35.9 Å². The number of ether oxygens (including phenoxy) is 5. The number of nitrogens with zero attached hydrogens (tertiary/aromatic N) is 2. The monoisotopic (exact) mass is 549 g/mol. The van der Waals surface area contributed by atoms with Gasteiger partial charge in [0, 0.05) is 29.6 Å². The first-order valence-electron chi connectivity index (χ1n) is 13.1. The summed E-state index contributed by atoms with van der Waals surface area (Å²) in [7, 11) is 6.42. The SMILES string of the molecule is C=C[C@H]1CN2CC[C@H]1C[C@@H]2[C@@H](OC(=S)Nc1c(OC)cc(OC)cc1OC)c1cccc2ncc(OC)cc12. The summed E-state index contributed by atoms with van der Waals surface area (Å²) in [5.74, 6) is 3.42. The molecule has 9 heteroatoms. The summed E-state index contributed by atoms with van der Waals surface area (Å²) in [6, 6.07) is 11.8. The van der Waals surface area contributed by atoms with Crippen molar-refractivity contribution in [1.29, 1.82) is 0 Å². The van der Waals surface area contributed by atoms with Crippen molar-refractivity contribution in [1.82, 2.24) is 9.88 Å². The lowest BCUT2D eigenvalue weighted by molar-refractivity contribution is -0.0386. The molecule has 3 fully saturated rings. The summed E-state index contributed by atoms with van der Waals surface area (Å²) in [5.41, 5.74) is 2.46. The Bertz CT molecular complexity index is 1340. The van der Waals surface area contributed by atoms with Crippen LogP contribution < -0.4 is 24.3 Å². The Hall–Kier alpha value is -3.56. The van der Waals surface area contributed by atoms with E-state index >= 15 is 0 Å². The van der Waals surface area contributed by atoms with Crippen LogP contribution in [0.2, 0.25) is 0 Å². The summed E-state index contributed by atoms with van der Waals surface area (Å²) in [5, 5.41) is 4.43. The summed E-state index contributed by atoms with van der Waals surface area (Å²) in [6.07, 6.45) is 5.65. The Morgan fingerprint density at radius 2 is 1.82 bits per heavy atom. The molecular weight excluding hydrogens is 514 g/mol. The fourth-order valence-electron chi connectivity index (χ4n) is 5.93. The minimum Gasteiger partial charge on any atom is -0.496 e. The molecule has 3 saturated heterocycles. The van der Waals surface area contributed by atoms with Crippen molar-refractivity contribution in [3.05, 3.63) is 60.8 Å². The van der Waals surface area contributed by atoms with Gasteiger partial charge in [-0.3, -0.25) is 9.88 Å². The quantitative estimate of drug-likeness (QED) is 0.270. The fraction of sp³-hybridized carbons (Fsp3) is 0.400. The number of hydrogen-bond donors (Lipinski definition) is 1. The Kier molecular flexibility index (Phi) is 8.09. The van der Waals surface area contributed by atoms with Crippen LogP contribution in [0.1, 0.15) is 24.5 Å². The highest BCUT2D eigenvalue weighted by molar-refractivity contribution is 7.80. The van der Waals surface area contributed by atoms with E-state index in [1.165, 1.54) is 0 Å². The molecule has 0 spiro atoms. The highest BCUT2D eigenvalue weighted by Crippen LogP contribution is 2.44. The fourth-order valence-corrected chi connectivity index (χ4v) is 6.14. The van der Waals surface area contributed by atoms with Gasteiger partial charge in [0.05, 0.1) is 46.2 Å². The van der Waals surface area contributed by atoms with Crippen LogP contribution in [0.25, 0.3) is 10.9 Å². The molecule has 3 aliphatic heterocycles. The van der Waals surface area contributed by atoms with E-state index in [1.54, 1.807) is 46.8 Å². The van der Waals surface area contributed by atoms with Crippen molar-refractivity contribution in [3.63, 3.8) is 0 Å². The predicted octanol–water partition coefficient (Wildman–Crippen LogP) is 5.62. The van der Waals surface area contributed by atoms with Gasteiger partial charge in [-0.05, 0) is 55.6 Å². The van der Waals surface area contributed by atoms with Crippen molar-refractivity contribution in [2.24, 2.45) is 11.8 Å². The highest BCUT2D eigenvalue weighted by atomic mass is 32.1. The van der Waals surface area contributed by atoms with E-state index in [0.717, 1.165) is 42.4 Å². The first-order chi connectivity index (χ1) is 19.0. The van der Waals surface area contributed by atoms with Gasteiger partial charge >= 0.3 is 0 Å². The number of rotatable bonds is 9. The predicted molar refractivity (Wildman–Crippen MR) is 156 cm³/mol. The topological polar surface area (TPSA) is 74.3 Å². The van der Waals surface area contributed by atoms with Gasteiger partial charge in [-0.25, -0.2) is 0 Å². The van der Waals surface area contributed by atoms with Crippen molar-refractivity contribution in [2.45, 2.75) is 25.0 Å². The molecule has 39 heavy (non-hydrogen) atoms. The molecular formula is C30H35N3O5S. The average Bonchev–Trinajstić information content (AvgIpc) is 2.99. The first kappa shape index (κ1) is 27.0. The molecule has 0 amide bonds. The van der Waals surface area contributed by atoms with E-state index in [1.807, 2.05) is 18.2 Å². The number of hydrogen-bond acceptors (Lipinski definition) is 8. The van der Waals surface area contributed by atoms with E-state index < -0.39 is 0 Å². The van der Waals surface area contributed by atoms with E-state index in [-0.39, 0.29) is 17.3 Å². The number of aromatic nitrogens is 1. The van der Waals surface area contributed by atoms with E-state index in [2.05, 4.69) is 33.9 Å². The van der Waals surface area contributed by atoms with Gasteiger partial charge in [-0.1, -0.05) is 18.2 Å². The molecule has 2 aromatic carbocycles. The van der Waals surface area contributed by atoms with Crippen LogP contribution in [0.15, 0.2) is 55.3 Å². The number of thiocarbonyl (C=S) groups is 1. The van der Waals surface area contributed by atoms with Crippen LogP contribution in [0, 0.1) is 11.8 Å². The lowest BCUT2D eigenvalue weighted by Gasteiger charge is -2.51. The Morgan fingerprint density at radius 1 is 1.08 bits per heavy atom. The number of pyridine rings is 1. The Balaban J connectivity index is 1.52. The van der Waals surface area contributed by atoms with Gasteiger partial charge in [0.2, 0.25) is 0 Å². The van der Waals surface area contributed by atoms with Gasteiger partial charge in [0.15, 0.2) is 0 Å². The third kappa shape index (κ3) is 5.33. The summed E-state index contributed by atoms with van der Waals surface area (Å²) in [4.78, 5) is 7.14. The maximum atomic E-state index is 6.68. The van der Waals surface area contributed by atoms with Crippen LogP contribution >= 0.6 is 12.2 Å². The zero-order valence-corrected chi connectivity index (χ0v) is 23.6. The highest BCUT2D eigenvalue weighted by Gasteiger charge is 2.44. The number of fused-ring (bicyclic) bond motifs is 4. The van der Waals surface area contributed by atoms with Crippen molar-refractivity contribution in [2.75, 3.05) is 46.8 Å². The summed E-state index contributed by atoms with van der Waals surface area (Å²) >= 11 is 5.81. The molecule has 1 aromatic heterocycles. The molecule has 206 valence electrons. The molecule has 4 heterocycles. The van der Waals surface area contributed by atoms with Crippen molar-refractivity contribution in [3.8, 4) is 23.0 Å². The number of benzene rings is 2. The molecule has 0 radical (unpaired) electrons. The van der Waals surface area contributed by atoms with E-state index in [9.17, 15) is 0 Å². The normalized spacial score (nSPS) is 22.6. The van der Waals surface area contributed by atoms with Crippen LogP contribution in [-0.4, -0.2) is 62.6 Å². The maximum absolute atomic E-state index is 6.68. The third-order valence-electron chi connectivity index (χ3n) is 7.96. The Morgan fingerprint density at radius 3 is 2.44 bits per heavy atom. The minimum absolute atomic E-state index is 0.135. The zero-order valence-electron chi connectivity index (χ0n) is 22.8. The van der Waals surface area contributed by atoms with Crippen LogP contribution in [0.5, 0.6) is 23.0 Å². The average molecular weight is 550 g/mol. The number of piperidine rings is 3. The smallest absolute Gasteiger partial charge is 0.262 e. The molecule has 1 N–H and O–H groups in total. The van der Waals surface area contributed by atoms with Gasteiger partial charge in [0.1, 0.15) is 34.8 Å². The minimum atomic E-state index is -0.341. The standard InChI is InChI=1S/C30H35N3O5S/c1-6-18-17-33-11-10-19(18)12-25(33)29(22-8-7-9-24-23(22)13-21(35-3)16-31-24)38-30(39)32-28-26(36-4)14-20(34-2)15-27(28)37-5/h6-9,13-16,18-19,25,29H,1,10-12,17H2,2-5H3,(H,32,39)/t18-,19-,25+,29-/m0/s1.